The summed E-state index contributed by atoms with van der Waals surface area (Å²) in [6.45, 7) is 2.23. The lowest BCUT2D eigenvalue weighted by molar-refractivity contribution is 1.01. The molecule has 0 spiro atoms. The van der Waals surface area contributed by atoms with Crippen molar-refractivity contribution < 1.29 is 0 Å². The lowest BCUT2D eigenvalue weighted by Crippen LogP contribution is -1.82. The maximum atomic E-state index is 2.27. The fourth-order valence-corrected chi connectivity index (χ4v) is 1.87. The minimum Gasteiger partial charge on any atom is -0.0968 e. The molecule has 1 aliphatic heterocycles. The van der Waals surface area contributed by atoms with Crippen LogP contribution in [0.15, 0.2) is 12.2 Å². The van der Waals surface area contributed by atoms with Crippen LogP contribution in [0.3, 0.4) is 0 Å². The molecular weight excluding hydrogens is 115 g/mol. The molecule has 0 aromatic heterocycles. The Hall–Kier alpha value is -0.0900. The molecular formula is C7H11P. The molecule has 0 bridgehead atoms. The van der Waals surface area contributed by atoms with Gasteiger partial charge in [-0.1, -0.05) is 33.7 Å². The standard InChI is InChI=1S/C7H11P/c1-2-4-7-5-3-6-8-7/h3,5H,2,4,6H2,1H3. The third kappa shape index (κ3) is 1.45. The summed E-state index contributed by atoms with van der Waals surface area (Å²) >= 11 is 0. The molecule has 0 nitrogen and oxygen atoms in total. The molecule has 0 N–H and O–H groups in total. The van der Waals surface area contributed by atoms with Crippen molar-refractivity contribution in [2.45, 2.75) is 19.8 Å². The van der Waals surface area contributed by atoms with E-state index in [1.165, 1.54) is 19.0 Å². The van der Waals surface area contributed by atoms with Crippen LogP contribution in [0.25, 0.3) is 0 Å². The molecule has 0 saturated heterocycles. The van der Waals surface area contributed by atoms with Gasteiger partial charge >= 0.3 is 0 Å². The quantitative estimate of drug-likeness (QED) is 0.498. The Bertz CT molecular complexity index is 122. The summed E-state index contributed by atoms with van der Waals surface area (Å²) in [6, 6.07) is 0. The highest BCUT2D eigenvalue weighted by molar-refractivity contribution is 7.42. The first-order chi connectivity index (χ1) is 3.93. The van der Waals surface area contributed by atoms with E-state index in [4.69, 9.17) is 0 Å². The Balaban J connectivity index is 2.34. The van der Waals surface area contributed by atoms with Crippen molar-refractivity contribution in [2.75, 3.05) is 6.16 Å². The van der Waals surface area contributed by atoms with E-state index in [0.29, 0.717) is 0 Å². The second-order valence-corrected chi connectivity index (χ2v) is 3.24. The monoisotopic (exact) mass is 126 g/mol. The van der Waals surface area contributed by atoms with Crippen molar-refractivity contribution in [1.82, 2.24) is 0 Å². The minimum absolute atomic E-state index is 1.26. The van der Waals surface area contributed by atoms with Gasteiger partial charge in [-0.15, -0.1) is 0 Å². The molecule has 0 unspecified atom stereocenters. The van der Waals surface area contributed by atoms with Gasteiger partial charge in [-0.3, -0.25) is 0 Å². The zero-order valence-electron chi connectivity index (χ0n) is 5.22. The van der Waals surface area contributed by atoms with Gasteiger partial charge in [0.25, 0.3) is 0 Å². The molecule has 0 saturated carbocycles. The fraction of sp³-hybridized carbons (Fsp3) is 0.571. The van der Waals surface area contributed by atoms with E-state index < -0.39 is 0 Å². The molecule has 0 radical (unpaired) electrons. The van der Waals surface area contributed by atoms with E-state index in [1.807, 2.05) is 0 Å². The molecule has 0 aliphatic carbocycles. The number of hydrogen-bond donors (Lipinski definition) is 0. The smallest absolute Gasteiger partial charge is 0.00800 e. The Morgan fingerprint density at radius 1 is 1.75 bits per heavy atom. The van der Waals surface area contributed by atoms with Crippen LogP contribution in [0.4, 0.5) is 0 Å². The number of hydrogen-bond acceptors (Lipinski definition) is 0. The first kappa shape index (κ1) is 6.04. The van der Waals surface area contributed by atoms with E-state index in [9.17, 15) is 0 Å². The topological polar surface area (TPSA) is 0 Å². The van der Waals surface area contributed by atoms with Crippen molar-refractivity contribution in [3.8, 4) is 0 Å². The molecule has 1 aliphatic rings. The van der Waals surface area contributed by atoms with Crippen molar-refractivity contribution in [2.24, 2.45) is 0 Å². The zero-order valence-corrected chi connectivity index (χ0v) is 6.12. The van der Waals surface area contributed by atoms with Crippen molar-refractivity contribution in [1.29, 1.82) is 0 Å². The zero-order chi connectivity index (χ0) is 5.82. The van der Waals surface area contributed by atoms with E-state index >= 15 is 0 Å². The summed E-state index contributed by atoms with van der Waals surface area (Å²) in [6.07, 6.45) is 8.39. The van der Waals surface area contributed by atoms with Gasteiger partial charge in [0.2, 0.25) is 0 Å². The highest BCUT2D eigenvalue weighted by atomic mass is 31.1. The van der Waals surface area contributed by atoms with E-state index in [1.54, 1.807) is 13.5 Å². The largest absolute Gasteiger partial charge is 0.0968 e. The molecule has 44 valence electrons. The molecule has 0 fully saturated rings. The van der Waals surface area contributed by atoms with Crippen molar-refractivity contribution in [3.63, 3.8) is 0 Å². The van der Waals surface area contributed by atoms with Crippen LogP contribution in [0.1, 0.15) is 19.8 Å². The Morgan fingerprint density at radius 2 is 2.62 bits per heavy atom. The van der Waals surface area contributed by atoms with Crippen LogP contribution in [-0.4, -0.2) is 11.5 Å². The van der Waals surface area contributed by atoms with Crippen LogP contribution in [0.2, 0.25) is 0 Å². The SMILES string of the molecule is CCCC1=PCC=C1. The molecule has 0 amide bonds. The lowest BCUT2D eigenvalue weighted by atomic mass is 10.2. The van der Waals surface area contributed by atoms with Gasteiger partial charge in [0.05, 0.1) is 0 Å². The fourth-order valence-electron chi connectivity index (χ4n) is 0.830. The van der Waals surface area contributed by atoms with Crippen molar-refractivity contribution in [3.05, 3.63) is 12.2 Å². The van der Waals surface area contributed by atoms with Crippen molar-refractivity contribution >= 4 is 13.5 Å². The van der Waals surface area contributed by atoms with E-state index in [2.05, 4.69) is 19.1 Å². The Kier molecular flexibility index (Phi) is 2.29. The third-order valence-corrected chi connectivity index (χ3v) is 2.39. The summed E-state index contributed by atoms with van der Waals surface area (Å²) in [5.74, 6) is 0. The first-order valence-electron chi connectivity index (χ1n) is 3.13. The maximum Gasteiger partial charge on any atom is 0.00800 e. The molecule has 1 heteroatoms. The lowest BCUT2D eigenvalue weighted by Gasteiger charge is -1.89. The normalized spacial score (nSPS) is 18.9. The second kappa shape index (κ2) is 3.04. The van der Waals surface area contributed by atoms with Gasteiger partial charge in [-0.2, -0.15) is 0 Å². The predicted molar refractivity (Wildman–Crippen MR) is 40.8 cm³/mol. The van der Waals surface area contributed by atoms with E-state index in [0.717, 1.165) is 0 Å². The molecule has 0 aromatic rings. The van der Waals surface area contributed by atoms with Crippen LogP contribution in [-0.2, 0) is 0 Å². The third-order valence-electron chi connectivity index (χ3n) is 1.22. The average Bonchev–Trinajstić information content (AvgIpc) is 2.19. The molecule has 1 rings (SSSR count). The summed E-state index contributed by atoms with van der Waals surface area (Å²) < 4.78 is 0. The molecule has 0 atom stereocenters. The maximum absolute atomic E-state index is 2.27. The summed E-state index contributed by atoms with van der Waals surface area (Å²) in [4.78, 5) is 0. The molecule has 8 heavy (non-hydrogen) atoms. The summed E-state index contributed by atoms with van der Waals surface area (Å²) in [7, 11) is 1.54. The van der Waals surface area contributed by atoms with Gasteiger partial charge in [0.1, 0.15) is 0 Å². The van der Waals surface area contributed by atoms with Gasteiger partial charge in [-0.25, -0.2) is 0 Å². The average molecular weight is 126 g/mol. The summed E-state index contributed by atoms with van der Waals surface area (Å²) in [5, 5.41) is 1.62. The van der Waals surface area contributed by atoms with Crippen LogP contribution >= 0.6 is 8.20 Å². The van der Waals surface area contributed by atoms with Crippen LogP contribution in [0, 0.1) is 0 Å². The molecule has 1 heterocycles. The van der Waals surface area contributed by atoms with Crippen LogP contribution < -0.4 is 0 Å². The summed E-state index contributed by atoms with van der Waals surface area (Å²) in [5.41, 5.74) is 0. The Labute approximate surface area is 52.4 Å². The van der Waals surface area contributed by atoms with E-state index in [-0.39, 0.29) is 0 Å². The molecule has 0 aromatic carbocycles. The predicted octanol–water partition coefficient (Wildman–Crippen LogP) is 2.47. The van der Waals surface area contributed by atoms with Gasteiger partial charge in [0, 0.05) is 6.16 Å². The number of rotatable bonds is 2. The first-order valence-corrected chi connectivity index (χ1v) is 4.21. The Morgan fingerprint density at radius 3 is 3.12 bits per heavy atom. The minimum atomic E-state index is 1.26. The van der Waals surface area contributed by atoms with Gasteiger partial charge in [-0.05, 0) is 11.7 Å². The highest BCUT2D eigenvalue weighted by Gasteiger charge is 1.94. The highest BCUT2D eigenvalue weighted by Crippen LogP contribution is 2.12. The number of allylic oxidation sites excluding steroid dienone is 2. The van der Waals surface area contributed by atoms with Gasteiger partial charge < -0.3 is 0 Å². The van der Waals surface area contributed by atoms with Gasteiger partial charge in [0.15, 0.2) is 0 Å². The van der Waals surface area contributed by atoms with Crippen LogP contribution in [0.5, 0.6) is 0 Å². The second-order valence-electron chi connectivity index (χ2n) is 1.98.